The van der Waals surface area contributed by atoms with Crippen molar-refractivity contribution in [3.8, 4) is 11.3 Å². The monoisotopic (exact) mass is 533 g/mol. The molecule has 0 spiro atoms. The van der Waals surface area contributed by atoms with Crippen LogP contribution in [-0.4, -0.2) is 50.7 Å². The molecule has 0 N–H and O–H groups in total. The highest BCUT2D eigenvalue weighted by Crippen LogP contribution is 2.40. The van der Waals surface area contributed by atoms with Crippen molar-refractivity contribution in [3.05, 3.63) is 70.9 Å². The smallest absolute Gasteiger partial charge is 0.135 e. The van der Waals surface area contributed by atoms with Gasteiger partial charge in [0.2, 0.25) is 0 Å². The Balaban J connectivity index is 1.26. The standard InChI is InChI=1S/C29H29F2N5O3/c1-16-26(15-39-21-13-37-14-21)35-29-25(33-16)10-24(34-28(29)22-5-2-19(30)9-23(22)31)17-6-7-38-27(8-17)18-11-32-36(12-18)20-3-4-20/h2,5,9-12,17,20-21,27H,3-4,6-8,13-15H2,1H3. The van der Waals surface area contributed by atoms with Crippen LogP contribution in [0.3, 0.4) is 0 Å². The van der Waals surface area contributed by atoms with Crippen molar-refractivity contribution in [2.24, 2.45) is 0 Å². The second-order valence-electron chi connectivity index (χ2n) is 10.7. The first-order valence-electron chi connectivity index (χ1n) is 13.5. The van der Waals surface area contributed by atoms with E-state index in [2.05, 4.69) is 11.3 Å². The number of pyridine rings is 1. The Morgan fingerprint density at radius 1 is 1.08 bits per heavy atom. The summed E-state index contributed by atoms with van der Waals surface area (Å²) in [7, 11) is 0. The van der Waals surface area contributed by atoms with Gasteiger partial charge in [-0.15, -0.1) is 0 Å². The Kier molecular flexibility index (Phi) is 6.33. The van der Waals surface area contributed by atoms with E-state index in [-0.39, 0.29) is 30.3 Å². The zero-order valence-corrected chi connectivity index (χ0v) is 21.6. The van der Waals surface area contributed by atoms with Crippen LogP contribution in [0.4, 0.5) is 8.78 Å². The number of fused-ring (bicyclic) bond motifs is 1. The van der Waals surface area contributed by atoms with Gasteiger partial charge in [0.25, 0.3) is 0 Å². The van der Waals surface area contributed by atoms with Crippen LogP contribution in [0, 0.1) is 18.6 Å². The molecule has 39 heavy (non-hydrogen) atoms. The van der Waals surface area contributed by atoms with Crippen LogP contribution < -0.4 is 0 Å². The summed E-state index contributed by atoms with van der Waals surface area (Å²) in [4.78, 5) is 14.6. The molecule has 7 rings (SSSR count). The van der Waals surface area contributed by atoms with Crippen LogP contribution in [-0.2, 0) is 20.8 Å². The fourth-order valence-corrected chi connectivity index (χ4v) is 5.28. The fourth-order valence-electron chi connectivity index (χ4n) is 5.28. The molecule has 1 aromatic carbocycles. The third-order valence-electron chi connectivity index (χ3n) is 7.81. The summed E-state index contributed by atoms with van der Waals surface area (Å²) in [6.45, 7) is 3.86. The number of halogens is 2. The molecule has 3 aromatic heterocycles. The van der Waals surface area contributed by atoms with E-state index in [9.17, 15) is 4.39 Å². The number of hydrogen-bond acceptors (Lipinski definition) is 7. The summed E-state index contributed by atoms with van der Waals surface area (Å²) in [5.74, 6) is -1.26. The second kappa shape index (κ2) is 10.0. The van der Waals surface area contributed by atoms with Crippen molar-refractivity contribution in [3.63, 3.8) is 0 Å². The van der Waals surface area contributed by atoms with Gasteiger partial charge in [-0.2, -0.15) is 5.10 Å². The molecule has 2 aliphatic heterocycles. The van der Waals surface area contributed by atoms with E-state index in [0.29, 0.717) is 48.3 Å². The maximum atomic E-state index is 15.1. The number of benzene rings is 1. The van der Waals surface area contributed by atoms with E-state index in [1.54, 1.807) is 0 Å². The predicted molar refractivity (Wildman–Crippen MR) is 138 cm³/mol. The third-order valence-corrected chi connectivity index (χ3v) is 7.81. The zero-order valence-electron chi connectivity index (χ0n) is 21.6. The molecule has 8 nitrogen and oxygen atoms in total. The summed E-state index contributed by atoms with van der Waals surface area (Å²) in [6.07, 6.45) is 7.77. The van der Waals surface area contributed by atoms with Gasteiger partial charge < -0.3 is 14.2 Å². The van der Waals surface area contributed by atoms with Gasteiger partial charge in [-0.25, -0.2) is 23.7 Å². The average Bonchev–Trinajstić information content (AvgIpc) is 3.64. The SMILES string of the molecule is Cc1nc2cc(C3CCOC(c4cnn(C5CC5)c4)C3)nc(-c3ccc(F)cc3F)c2nc1COC1COC1. The van der Waals surface area contributed by atoms with Crippen molar-refractivity contribution in [2.45, 2.75) is 63.4 Å². The minimum Gasteiger partial charge on any atom is -0.376 e. The van der Waals surface area contributed by atoms with Gasteiger partial charge in [0.15, 0.2) is 0 Å². The minimum atomic E-state index is -0.690. The van der Waals surface area contributed by atoms with E-state index >= 15 is 4.39 Å². The Bertz CT molecular complexity index is 1540. The first-order valence-corrected chi connectivity index (χ1v) is 13.5. The number of hydrogen-bond donors (Lipinski definition) is 0. The first-order chi connectivity index (χ1) is 19.0. The number of rotatable bonds is 7. The van der Waals surface area contributed by atoms with Gasteiger partial charge in [-0.3, -0.25) is 4.68 Å². The third kappa shape index (κ3) is 4.92. The molecule has 1 saturated carbocycles. The van der Waals surface area contributed by atoms with Crippen LogP contribution in [0.25, 0.3) is 22.3 Å². The Morgan fingerprint density at radius 2 is 1.95 bits per heavy atom. The minimum absolute atomic E-state index is 0.0364. The van der Waals surface area contributed by atoms with Crippen molar-refractivity contribution in [1.82, 2.24) is 24.7 Å². The molecule has 3 aliphatic rings. The van der Waals surface area contributed by atoms with Crippen molar-refractivity contribution in [2.75, 3.05) is 19.8 Å². The lowest BCUT2D eigenvalue weighted by Crippen LogP contribution is -2.36. The van der Waals surface area contributed by atoms with Crippen molar-refractivity contribution < 1.29 is 23.0 Å². The van der Waals surface area contributed by atoms with Gasteiger partial charge in [0, 0.05) is 41.6 Å². The van der Waals surface area contributed by atoms with Gasteiger partial charge >= 0.3 is 0 Å². The highest BCUT2D eigenvalue weighted by Gasteiger charge is 2.31. The zero-order chi connectivity index (χ0) is 26.5. The van der Waals surface area contributed by atoms with Crippen LogP contribution in [0.1, 0.15) is 66.4 Å². The predicted octanol–water partition coefficient (Wildman–Crippen LogP) is 5.36. The molecular formula is C29H29F2N5O3. The van der Waals surface area contributed by atoms with Gasteiger partial charge in [-0.05, 0) is 50.8 Å². The molecular weight excluding hydrogens is 504 g/mol. The quantitative estimate of drug-likeness (QED) is 0.316. The van der Waals surface area contributed by atoms with E-state index in [1.807, 2.05) is 23.9 Å². The summed E-state index contributed by atoms with van der Waals surface area (Å²) in [6, 6.07) is 5.99. The van der Waals surface area contributed by atoms with Crippen LogP contribution >= 0.6 is 0 Å². The number of aryl methyl sites for hydroxylation is 1. The Hall–Kier alpha value is -3.34. The van der Waals surface area contributed by atoms with Crippen LogP contribution in [0.5, 0.6) is 0 Å². The van der Waals surface area contributed by atoms with E-state index in [4.69, 9.17) is 29.2 Å². The molecule has 10 heteroatoms. The van der Waals surface area contributed by atoms with E-state index < -0.39 is 11.6 Å². The molecule has 0 radical (unpaired) electrons. The molecule has 202 valence electrons. The molecule has 3 fully saturated rings. The number of ether oxygens (including phenoxy) is 3. The molecule has 1 aliphatic carbocycles. The summed E-state index contributed by atoms with van der Waals surface area (Å²) >= 11 is 0. The maximum absolute atomic E-state index is 15.1. The Labute approximate surface area is 224 Å². The van der Waals surface area contributed by atoms with Gasteiger partial charge in [-0.1, -0.05) is 0 Å². The lowest BCUT2D eigenvalue weighted by Gasteiger charge is -2.29. The van der Waals surface area contributed by atoms with E-state index in [0.717, 1.165) is 35.9 Å². The van der Waals surface area contributed by atoms with E-state index in [1.165, 1.54) is 25.0 Å². The van der Waals surface area contributed by atoms with Gasteiger partial charge in [0.1, 0.15) is 28.9 Å². The molecule has 4 aromatic rings. The largest absolute Gasteiger partial charge is 0.376 e. The summed E-state index contributed by atoms with van der Waals surface area (Å²) in [5, 5.41) is 4.53. The highest BCUT2D eigenvalue weighted by molar-refractivity contribution is 5.89. The molecule has 0 amide bonds. The maximum Gasteiger partial charge on any atom is 0.135 e. The second-order valence-corrected chi connectivity index (χ2v) is 10.7. The topological polar surface area (TPSA) is 84.2 Å². The van der Waals surface area contributed by atoms with Gasteiger partial charge in [0.05, 0.1) is 55.1 Å². The number of nitrogens with zero attached hydrogens (tertiary/aromatic N) is 5. The average molecular weight is 534 g/mol. The van der Waals surface area contributed by atoms with Crippen LogP contribution in [0.15, 0.2) is 36.7 Å². The summed E-state index contributed by atoms with van der Waals surface area (Å²) < 4.78 is 48.1. The molecule has 2 saturated heterocycles. The fraction of sp³-hybridized carbons (Fsp3) is 0.448. The molecule has 0 bridgehead atoms. The summed E-state index contributed by atoms with van der Waals surface area (Å²) in [5.41, 5.74) is 4.89. The normalized spacial score (nSPS) is 21.8. The van der Waals surface area contributed by atoms with Crippen molar-refractivity contribution >= 4 is 11.0 Å². The first kappa shape index (κ1) is 24.7. The van der Waals surface area contributed by atoms with Crippen molar-refractivity contribution in [1.29, 1.82) is 0 Å². The molecule has 5 heterocycles. The van der Waals surface area contributed by atoms with Crippen LogP contribution in [0.2, 0.25) is 0 Å². The Morgan fingerprint density at radius 3 is 2.72 bits per heavy atom. The number of aromatic nitrogens is 5. The lowest BCUT2D eigenvalue weighted by atomic mass is 9.89. The highest BCUT2D eigenvalue weighted by atomic mass is 19.1. The lowest BCUT2D eigenvalue weighted by molar-refractivity contribution is -0.136. The molecule has 2 unspecified atom stereocenters. The molecule has 2 atom stereocenters.